The van der Waals surface area contributed by atoms with Crippen molar-refractivity contribution in [3.8, 4) is 5.75 Å². The van der Waals surface area contributed by atoms with Crippen LogP contribution in [0.1, 0.15) is 23.2 Å². The maximum absolute atomic E-state index is 12.3. The molecule has 0 aliphatic heterocycles. The zero-order valence-electron chi connectivity index (χ0n) is 10.3. The van der Waals surface area contributed by atoms with Gasteiger partial charge in [-0.15, -0.1) is 0 Å². The molecule has 1 aliphatic carbocycles. The van der Waals surface area contributed by atoms with E-state index in [0.29, 0.717) is 11.6 Å². The number of hydrogen-bond acceptors (Lipinski definition) is 2. The van der Waals surface area contributed by atoms with E-state index in [0.717, 1.165) is 23.6 Å². The van der Waals surface area contributed by atoms with Gasteiger partial charge in [-0.1, -0.05) is 24.3 Å². The molecule has 0 unspecified atom stereocenters. The highest BCUT2D eigenvalue weighted by molar-refractivity contribution is 6.01. The highest BCUT2D eigenvalue weighted by atomic mass is 16.3. The second kappa shape index (κ2) is 4.02. The molecule has 2 aromatic rings. The second-order valence-corrected chi connectivity index (χ2v) is 4.86. The number of hydrogen-bond donors (Lipinski definition) is 1. The molecule has 0 atom stereocenters. The van der Waals surface area contributed by atoms with Gasteiger partial charge < -0.3 is 10.0 Å². The fraction of sp³-hybridized carbons (Fsp3) is 0.267. The molecular formula is C15H15NO2. The Morgan fingerprint density at radius 1 is 1.22 bits per heavy atom. The van der Waals surface area contributed by atoms with Gasteiger partial charge in [0.1, 0.15) is 5.75 Å². The molecular weight excluding hydrogens is 226 g/mol. The number of amides is 1. The van der Waals surface area contributed by atoms with Gasteiger partial charge in [0.05, 0.1) is 5.56 Å². The van der Waals surface area contributed by atoms with Gasteiger partial charge in [0.2, 0.25) is 0 Å². The largest absolute Gasteiger partial charge is 0.507 e. The van der Waals surface area contributed by atoms with Crippen molar-refractivity contribution in [2.45, 2.75) is 18.9 Å². The van der Waals surface area contributed by atoms with Crippen molar-refractivity contribution in [1.82, 2.24) is 4.90 Å². The third-order valence-corrected chi connectivity index (χ3v) is 3.51. The summed E-state index contributed by atoms with van der Waals surface area (Å²) < 4.78 is 0. The number of carbonyl (C=O) groups is 1. The van der Waals surface area contributed by atoms with Gasteiger partial charge in [-0.2, -0.15) is 0 Å². The first-order chi connectivity index (χ1) is 8.66. The van der Waals surface area contributed by atoms with E-state index >= 15 is 0 Å². The molecule has 3 nitrogen and oxygen atoms in total. The van der Waals surface area contributed by atoms with Crippen LogP contribution in [0, 0.1) is 0 Å². The number of phenols is 1. The third kappa shape index (κ3) is 1.82. The summed E-state index contributed by atoms with van der Waals surface area (Å²) in [4.78, 5) is 14.0. The summed E-state index contributed by atoms with van der Waals surface area (Å²) in [5, 5.41) is 11.9. The standard InChI is InChI=1S/C15H15NO2/c1-16(12-6-7-12)15(18)13-8-10-4-2-3-5-11(10)9-14(13)17/h2-5,8-9,12,17H,6-7H2,1H3. The van der Waals surface area contributed by atoms with Crippen LogP contribution < -0.4 is 0 Å². The third-order valence-electron chi connectivity index (χ3n) is 3.51. The molecule has 92 valence electrons. The van der Waals surface area contributed by atoms with Crippen LogP contribution in [0.15, 0.2) is 36.4 Å². The highest BCUT2D eigenvalue weighted by Crippen LogP contribution is 2.30. The van der Waals surface area contributed by atoms with Crippen LogP contribution in [0.3, 0.4) is 0 Å². The Morgan fingerprint density at radius 3 is 2.44 bits per heavy atom. The monoisotopic (exact) mass is 241 g/mol. The van der Waals surface area contributed by atoms with E-state index in [1.807, 2.05) is 24.3 Å². The lowest BCUT2D eigenvalue weighted by Gasteiger charge is -2.17. The smallest absolute Gasteiger partial charge is 0.257 e. The summed E-state index contributed by atoms with van der Waals surface area (Å²) in [6, 6.07) is 11.5. The predicted molar refractivity (Wildman–Crippen MR) is 70.7 cm³/mol. The summed E-state index contributed by atoms with van der Waals surface area (Å²) in [7, 11) is 1.80. The predicted octanol–water partition coefficient (Wildman–Crippen LogP) is 2.78. The van der Waals surface area contributed by atoms with Crippen molar-refractivity contribution in [3.63, 3.8) is 0 Å². The molecule has 0 heterocycles. The van der Waals surface area contributed by atoms with Crippen LogP contribution in [-0.4, -0.2) is 29.0 Å². The Balaban J connectivity index is 2.05. The van der Waals surface area contributed by atoms with E-state index in [1.54, 1.807) is 24.1 Å². The van der Waals surface area contributed by atoms with E-state index in [2.05, 4.69) is 0 Å². The Labute approximate surface area is 106 Å². The fourth-order valence-corrected chi connectivity index (χ4v) is 2.22. The molecule has 3 heteroatoms. The highest BCUT2D eigenvalue weighted by Gasteiger charge is 2.31. The van der Waals surface area contributed by atoms with Gasteiger partial charge >= 0.3 is 0 Å². The molecule has 1 N–H and O–H groups in total. The van der Waals surface area contributed by atoms with Crippen LogP contribution >= 0.6 is 0 Å². The van der Waals surface area contributed by atoms with Gasteiger partial charge in [-0.3, -0.25) is 4.79 Å². The maximum Gasteiger partial charge on any atom is 0.257 e. The summed E-state index contributed by atoms with van der Waals surface area (Å²) in [5.74, 6) is -0.0352. The summed E-state index contributed by atoms with van der Waals surface area (Å²) in [5.41, 5.74) is 0.392. The summed E-state index contributed by atoms with van der Waals surface area (Å²) in [6.07, 6.45) is 2.13. The van der Waals surface area contributed by atoms with E-state index in [-0.39, 0.29) is 11.7 Å². The van der Waals surface area contributed by atoms with Gasteiger partial charge in [0.15, 0.2) is 0 Å². The second-order valence-electron chi connectivity index (χ2n) is 4.86. The molecule has 0 aromatic heterocycles. The van der Waals surface area contributed by atoms with Crippen LogP contribution in [0.25, 0.3) is 10.8 Å². The van der Waals surface area contributed by atoms with E-state index in [9.17, 15) is 9.90 Å². The molecule has 1 fully saturated rings. The van der Waals surface area contributed by atoms with Gasteiger partial charge in [0, 0.05) is 13.1 Å². The molecule has 0 spiro atoms. The number of nitrogens with zero attached hydrogens (tertiary/aromatic N) is 1. The molecule has 1 aliphatic rings. The number of aromatic hydroxyl groups is 1. The van der Waals surface area contributed by atoms with Crippen molar-refractivity contribution in [2.75, 3.05) is 7.05 Å². The Morgan fingerprint density at radius 2 is 1.83 bits per heavy atom. The molecule has 0 radical (unpaired) electrons. The minimum absolute atomic E-state index is 0.0613. The maximum atomic E-state index is 12.3. The average molecular weight is 241 g/mol. The normalized spacial score (nSPS) is 14.7. The minimum Gasteiger partial charge on any atom is -0.507 e. The lowest BCUT2D eigenvalue weighted by Crippen LogP contribution is -2.28. The molecule has 0 bridgehead atoms. The van der Waals surface area contributed by atoms with Gasteiger partial charge in [0.25, 0.3) is 5.91 Å². The van der Waals surface area contributed by atoms with Gasteiger partial charge in [-0.05, 0) is 35.7 Å². The van der Waals surface area contributed by atoms with E-state index in [1.165, 1.54) is 0 Å². The lowest BCUT2D eigenvalue weighted by molar-refractivity contribution is 0.0782. The summed E-state index contributed by atoms with van der Waals surface area (Å²) >= 11 is 0. The van der Waals surface area contributed by atoms with Crippen molar-refractivity contribution < 1.29 is 9.90 Å². The van der Waals surface area contributed by atoms with Crippen LogP contribution in [0.5, 0.6) is 5.75 Å². The van der Waals surface area contributed by atoms with Gasteiger partial charge in [-0.25, -0.2) is 0 Å². The first kappa shape index (κ1) is 11.1. The SMILES string of the molecule is CN(C(=O)c1cc2ccccc2cc1O)C1CC1. The lowest BCUT2D eigenvalue weighted by atomic mass is 10.1. The molecule has 3 rings (SSSR count). The Kier molecular flexibility index (Phi) is 2.47. The number of rotatable bonds is 2. The summed E-state index contributed by atoms with van der Waals surface area (Å²) in [6.45, 7) is 0. The number of fused-ring (bicyclic) bond motifs is 1. The first-order valence-corrected chi connectivity index (χ1v) is 6.16. The molecule has 18 heavy (non-hydrogen) atoms. The average Bonchev–Trinajstić information content (AvgIpc) is 3.20. The zero-order valence-corrected chi connectivity index (χ0v) is 10.3. The van der Waals surface area contributed by atoms with Crippen molar-refractivity contribution in [1.29, 1.82) is 0 Å². The quantitative estimate of drug-likeness (QED) is 0.878. The molecule has 1 amide bonds. The van der Waals surface area contributed by atoms with Crippen LogP contribution in [-0.2, 0) is 0 Å². The van der Waals surface area contributed by atoms with Crippen molar-refractivity contribution in [3.05, 3.63) is 42.0 Å². The van der Waals surface area contributed by atoms with Crippen molar-refractivity contribution >= 4 is 16.7 Å². The molecule has 0 saturated heterocycles. The first-order valence-electron chi connectivity index (χ1n) is 6.16. The van der Waals surface area contributed by atoms with Crippen LogP contribution in [0.2, 0.25) is 0 Å². The van der Waals surface area contributed by atoms with Crippen LogP contribution in [0.4, 0.5) is 0 Å². The topological polar surface area (TPSA) is 40.5 Å². The fourth-order valence-electron chi connectivity index (χ4n) is 2.22. The van der Waals surface area contributed by atoms with Crippen molar-refractivity contribution in [2.24, 2.45) is 0 Å². The molecule has 1 saturated carbocycles. The number of phenolic OH excluding ortho intramolecular Hbond substituents is 1. The number of carbonyl (C=O) groups excluding carboxylic acids is 1. The minimum atomic E-state index is -0.0965. The van der Waals surface area contributed by atoms with E-state index < -0.39 is 0 Å². The Hall–Kier alpha value is -2.03. The zero-order chi connectivity index (χ0) is 12.7. The Bertz CT molecular complexity index is 617. The van der Waals surface area contributed by atoms with E-state index in [4.69, 9.17) is 0 Å². The molecule has 2 aromatic carbocycles. The number of benzene rings is 2.